The van der Waals surface area contributed by atoms with E-state index in [1.54, 1.807) is 30.3 Å². The summed E-state index contributed by atoms with van der Waals surface area (Å²) < 4.78 is 0. The molecule has 12 N–H and O–H groups in total. The highest BCUT2D eigenvalue weighted by atomic mass is 16.4. The second kappa shape index (κ2) is 18.7. The highest BCUT2D eigenvalue weighted by Gasteiger charge is 2.28. The van der Waals surface area contributed by atoms with Gasteiger partial charge in [-0.3, -0.25) is 33.6 Å². The fraction of sp³-hybridized carbons (Fsp3) is 0.480. The minimum atomic E-state index is -1.51. The van der Waals surface area contributed by atoms with Crippen molar-refractivity contribution in [1.82, 2.24) is 26.6 Å². The van der Waals surface area contributed by atoms with Crippen molar-refractivity contribution in [2.24, 2.45) is 17.2 Å². The Morgan fingerprint density at radius 2 is 1.39 bits per heavy atom. The maximum absolute atomic E-state index is 12.9. The number of aliphatic carboxylic acids is 1. The lowest BCUT2D eigenvalue weighted by Gasteiger charge is -2.22. The summed E-state index contributed by atoms with van der Waals surface area (Å²) in [6.07, 6.45) is 1.10. The number of hydrogen-bond acceptors (Lipinski definition) is 9. The molecule has 0 unspecified atom stereocenters. The largest absolute Gasteiger partial charge is 0.480 e. The minimum Gasteiger partial charge on any atom is -0.480 e. The summed E-state index contributed by atoms with van der Waals surface area (Å²) in [6, 6.07) is 4.96. The van der Waals surface area contributed by atoms with E-state index >= 15 is 0 Å². The predicted octanol–water partition coefficient (Wildman–Crippen LogP) is -4.04. The average Bonchev–Trinajstić information content (AvgIpc) is 2.93. The lowest BCUT2D eigenvalue weighted by Crippen LogP contribution is -2.56. The monoisotopic (exact) mass is 578 g/mol. The molecule has 0 heterocycles. The van der Waals surface area contributed by atoms with E-state index in [4.69, 9.17) is 22.3 Å². The molecule has 0 spiro atoms. The molecule has 16 heteroatoms. The second-order valence-corrected chi connectivity index (χ2v) is 9.04. The molecule has 0 bridgehead atoms. The van der Waals surface area contributed by atoms with E-state index in [9.17, 15) is 33.6 Å². The molecule has 226 valence electrons. The maximum Gasteiger partial charge on any atom is 0.322 e. The van der Waals surface area contributed by atoms with Crippen molar-refractivity contribution < 1.29 is 38.7 Å². The van der Waals surface area contributed by atoms with Gasteiger partial charge in [-0.15, -0.1) is 0 Å². The van der Waals surface area contributed by atoms with Crippen LogP contribution in [0.1, 0.15) is 31.2 Å². The first-order chi connectivity index (χ1) is 19.4. The molecule has 0 fully saturated rings. The van der Waals surface area contributed by atoms with Crippen molar-refractivity contribution in [2.45, 2.75) is 50.2 Å². The fourth-order valence-corrected chi connectivity index (χ4v) is 3.45. The molecule has 1 aromatic carbocycles. The number of primary amides is 1. The summed E-state index contributed by atoms with van der Waals surface area (Å²) in [5.41, 5.74) is 17.0. The van der Waals surface area contributed by atoms with Crippen molar-refractivity contribution in [3.05, 3.63) is 35.9 Å². The maximum atomic E-state index is 12.9. The molecule has 0 radical (unpaired) electrons. The summed E-state index contributed by atoms with van der Waals surface area (Å²) >= 11 is 0. The van der Waals surface area contributed by atoms with Gasteiger partial charge < -0.3 is 48.9 Å². The van der Waals surface area contributed by atoms with Gasteiger partial charge in [0.05, 0.1) is 25.6 Å². The van der Waals surface area contributed by atoms with E-state index in [0.717, 1.165) is 0 Å². The van der Waals surface area contributed by atoms with Crippen LogP contribution in [0.15, 0.2) is 30.3 Å². The Bertz CT molecular complexity index is 1070. The number of rotatable bonds is 19. The number of benzene rings is 1. The zero-order valence-electron chi connectivity index (χ0n) is 22.5. The molecule has 41 heavy (non-hydrogen) atoms. The Morgan fingerprint density at radius 1 is 0.756 bits per heavy atom. The van der Waals surface area contributed by atoms with Gasteiger partial charge >= 0.3 is 5.97 Å². The van der Waals surface area contributed by atoms with Crippen molar-refractivity contribution in [1.29, 1.82) is 0 Å². The number of unbranched alkanes of at least 4 members (excludes halogenated alkanes) is 1. The van der Waals surface area contributed by atoms with Gasteiger partial charge in [0.2, 0.25) is 35.4 Å². The van der Waals surface area contributed by atoms with Crippen LogP contribution in [0.25, 0.3) is 0 Å². The normalized spacial score (nSPS) is 12.6. The van der Waals surface area contributed by atoms with E-state index in [-0.39, 0.29) is 6.42 Å². The number of amides is 6. The lowest BCUT2D eigenvalue weighted by molar-refractivity contribution is -0.138. The first-order valence-corrected chi connectivity index (χ1v) is 12.8. The highest BCUT2D eigenvalue weighted by molar-refractivity contribution is 5.96. The van der Waals surface area contributed by atoms with Gasteiger partial charge in [0, 0.05) is 6.42 Å². The van der Waals surface area contributed by atoms with Crippen LogP contribution >= 0.6 is 0 Å². The molecular weight excluding hydrogens is 540 g/mol. The van der Waals surface area contributed by atoms with Crippen LogP contribution in [0.5, 0.6) is 0 Å². The number of carboxylic acid groups (broad SMARTS) is 1. The molecular formula is C25H38N8O8. The highest BCUT2D eigenvalue weighted by Crippen LogP contribution is 2.05. The van der Waals surface area contributed by atoms with Crippen molar-refractivity contribution in [2.75, 3.05) is 26.2 Å². The summed E-state index contributed by atoms with van der Waals surface area (Å²) in [6.45, 7) is -1.28. The predicted molar refractivity (Wildman–Crippen MR) is 145 cm³/mol. The quantitative estimate of drug-likeness (QED) is 0.0716. The molecule has 0 aliphatic carbocycles. The van der Waals surface area contributed by atoms with E-state index in [1.165, 1.54) is 0 Å². The number of nitrogens with one attached hydrogen (secondary N) is 5. The van der Waals surface area contributed by atoms with Crippen molar-refractivity contribution >= 4 is 41.4 Å². The van der Waals surface area contributed by atoms with Gasteiger partial charge in [-0.2, -0.15) is 0 Å². The average molecular weight is 579 g/mol. The van der Waals surface area contributed by atoms with E-state index in [2.05, 4.69) is 26.6 Å². The topological polar surface area (TPSA) is 278 Å². The van der Waals surface area contributed by atoms with E-state index in [0.29, 0.717) is 31.4 Å². The number of carbonyl (C=O) groups is 7. The van der Waals surface area contributed by atoms with Crippen LogP contribution in [0.3, 0.4) is 0 Å². The molecule has 0 aliphatic heterocycles. The third kappa shape index (κ3) is 15.0. The summed E-state index contributed by atoms with van der Waals surface area (Å²) in [5.74, 6) is -6.09. The van der Waals surface area contributed by atoms with E-state index < -0.39 is 85.6 Å². The molecule has 0 saturated heterocycles. The Hall–Kier alpha value is -4.57. The zero-order valence-corrected chi connectivity index (χ0v) is 22.5. The van der Waals surface area contributed by atoms with Gasteiger partial charge in [0.25, 0.3) is 0 Å². The fourth-order valence-electron chi connectivity index (χ4n) is 3.45. The molecule has 1 rings (SSSR count). The molecule has 16 nitrogen and oxygen atoms in total. The molecule has 0 aromatic heterocycles. The molecule has 1 aromatic rings. The van der Waals surface area contributed by atoms with Crippen molar-refractivity contribution in [3.63, 3.8) is 0 Å². The van der Waals surface area contributed by atoms with Gasteiger partial charge in [-0.1, -0.05) is 36.8 Å². The number of carboxylic acids is 1. The van der Waals surface area contributed by atoms with Crippen LogP contribution in [-0.2, 0) is 40.0 Å². The van der Waals surface area contributed by atoms with Crippen molar-refractivity contribution in [3.8, 4) is 0 Å². The first kappa shape index (κ1) is 34.5. The number of hydrogen-bond donors (Lipinski definition) is 9. The molecule has 0 aliphatic rings. The van der Waals surface area contributed by atoms with Crippen LogP contribution in [0.4, 0.5) is 0 Å². The summed E-state index contributed by atoms with van der Waals surface area (Å²) in [5, 5.41) is 20.3. The standard InChI is InChI=1S/C25H38N8O8/c26-9-5-4-8-16(27)23(39)30-12-20(35)29-13-21(36)32-18(11-19(28)34)25(41)33-17(24(40)31-14-22(37)38)10-15-6-2-1-3-7-15/h1-3,6-7,16-18H,4-5,8-14,26-27H2,(H2,28,34)(H,29,35)(H,30,39)(H,31,40)(H,32,36)(H,33,41)(H,37,38)/t16-,17-,18-/m0/s1. The number of nitrogens with two attached hydrogens (primary N) is 3. The smallest absolute Gasteiger partial charge is 0.322 e. The molecule has 6 amide bonds. The number of carbonyl (C=O) groups excluding carboxylic acids is 6. The van der Waals surface area contributed by atoms with Gasteiger partial charge in [0.1, 0.15) is 18.6 Å². The lowest BCUT2D eigenvalue weighted by atomic mass is 10.0. The Morgan fingerprint density at radius 3 is 2.00 bits per heavy atom. The first-order valence-electron chi connectivity index (χ1n) is 12.8. The minimum absolute atomic E-state index is 0.0201. The van der Waals surface area contributed by atoms with E-state index in [1.807, 2.05) is 0 Å². The zero-order chi connectivity index (χ0) is 30.8. The third-order valence-electron chi connectivity index (χ3n) is 5.56. The summed E-state index contributed by atoms with van der Waals surface area (Å²) in [7, 11) is 0. The third-order valence-corrected chi connectivity index (χ3v) is 5.56. The second-order valence-electron chi connectivity index (χ2n) is 9.04. The van der Waals surface area contributed by atoms with Crippen LogP contribution in [0, 0.1) is 0 Å². The Balaban J connectivity index is 2.73. The van der Waals surface area contributed by atoms with Gasteiger partial charge in [0.15, 0.2) is 0 Å². The SMILES string of the molecule is NCCCC[C@H](N)C(=O)NCC(=O)NCC(=O)N[C@@H](CC(N)=O)C(=O)N[C@@H](Cc1ccccc1)C(=O)NCC(=O)O. The van der Waals surface area contributed by atoms with Gasteiger partial charge in [-0.25, -0.2) is 0 Å². The Kier molecular flexibility index (Phi) is 15.7. The van der Waals surface area contributed by atoms with Crippen LogP contribution in [-0.4, -0.2) is 90.8 Å². The van der Waals surface area contributed by atoms with Crippen LogP contribution < -0.4 is 43.8 Å². The molecule has 0 saturated carbocycles. The van der Waals surface area contributed by atoms with Gasteiger partial charge in [-0.05, 0) is 24.9 Å². The molecule has 3 atom stereocenters. The van der Waals surface area contributed by atoms with Crippen LogP contribution in [0.2, 0.25) is 0 Å². The Labute approximate surface area is 236 Å². The summed E-state index contributed by atoms with van der Waals surface area (Å²) in [4.78, 5) is 84.3.